The molecule has 3 rings (SSSR count). The van der Waals surface area contributed by atoms with Gasteiger partial charge in [-0.2, -0.15) is 13.2 Å². The van der Waals surface area contributed by atoms with Gasteiger partial charge in [0.25, 0.3) is 5.56 Å². The zero-order valence-electron chi connectivity index (χ0n) is 12.5. The monoisotopic (exact) mass is 336 g/mol. The molecule has 0 saturated carbocycles. The molecule has 124 valence electrons. The molecule has 0 amide bonds. The van der Waals surface area contributed by atoms with Gasteiger partial charge in [-0.3, -0.25) is 9.48 Å². The number of benzene rings is 2. The van der Waals surface area contributed by atoms with E-state index in [1.54, 1.807) is 6.07 Å². The number of hydrogen-bond acceptors (Lipinski definition) is 1. The van der Waals surface area contributed by atoms with E-state index in [1.807, 2.05) is 0 Å². The van der Waals surface area contributed by atoms with Crippen molar-refractivity contribution < 1.29 is 17.6 Å². The van der Waals surface area contributed by atoms with Crippen LogP contribution in [0, 0.1) is 5.82 Å². The van der Waals surface area contributed by atoms with Crippen LogP contribution in [0.15, 0.2) is 59.5 Å². The first-order valence-corrected chi connectivity index (χ1v) is 6.99. The van der Waals surface area contributed by atoms with Gasteiger partial charge in [-0.1, -0.05) is 18.2 Å². The first-order chi connectivity index (χ1) is 11.3. The minimum Gasteiger partial charge on any atom is -0.288 e. The van der Waals surface area contributed by atoms with Crippen LogP contribution < -0.4 is 5.56 Å². The lowest BCUT2D eigenvalue weighted by Crippen LogP contribution is -2.20. The van der Waals surface area contributed by atoms with Gasteiger partial charge in [0.1, 0.15) is 5.82 Å². The Bertz CT molecular complexity index is 954. The molecular weight excluding hydrogens is 324 g/mol. The third-order valence-corrected chi connectivity index (χ3v) is 3.61. The number of alkyl halides is 3. The van der Waals surface area contributed by atoms with Crippen molar-refractivity contribution in [2.45, 2.75) is 6.18 Å². The summed E-state index contributed by atoms with van der Waals surface area (Å²) < 4.78 is 54.4. The smallest absolute Gasteiger partial charge is 0.288 e. The van der Waals surface area contributed by atoms with E-state index in [0.717, 1.165) is 16.8 Å². The maximum Gasteiger partial charge on any atom is 0.416 e. The van der Waals surface area contributed by atoms with E-state index in [2.05, 4.69) is 0 Å². The summed E-state index contributed by atoms with van der Waals surface area (Å²) in [7, 11) is 1.53. The average molecular weight is 336 g/mol. The summed E-state index contributed by atoms with van der Waals surface area (Å²) in [4.78, 5) is 12.6. The summed E-state index contributed by atoms with van der Waals surface area (Å²) in [5.41, 5.74) is -0.724. The quantitative estimate of drug-likeness (QED) is 0.650. The highest BCUT2D eigenvalue weighted by atomic mass is 19.4. The van der Waals surface area contributed by atoms with Crippen LogP contribution in [0.3, 0.4) is 0 Å². The summed E-state index contributed by atoms with van der Waals surface area (Å²) in [6, 6.07) is 9.96. The lowest BCUT2D eigenvalue weighted by molar-refractivity contribution is -0.137. The molecule has 0 saturated heterocycles. The van der Waals surface area contributed by atoms with Gasteiger partial charge >= 0.3 is 6.18 Å². The van der Waals surface area contributed by atoms with E-state index in [-0.39, 0.29) is 11.3 Å². The topological polar surface area (TPSA) is 26.9 Å². The van der Waals surface area contributed by atoms with Crippen LogP contribution in [0.1, 0.15) is 5.56 Å². The van der Waals surface area contributed by atoms with Crippen molar-refractivity contribution in [3.63, 3.8) is 0 Å². The molecule has 0 aliphatic carbocycles. The highest BCUT2D eigenvalue weighted by Crippen LogP contribution is 2.30. The summed E-state index contributed by atoms with van der Waals surface area (Å²) in [5.74, 6) is -0.499. The molecule has 1 aromatic heterocycles. The molecule has 0 radical (unpaired) electrons. The number of nitrogens with zero attached hydrogens (tertiary/aromatic N) is 2. The molecule has 0 aliphatic rings. The molecule has 0 fully saturated rings. The standard InChI is InChI=1S/C17H12F4N2O/c1-22-10-15(11-4-2-6-13(18)8-11)16(24)23(22)14-7-3-5-12(9-14)17(19,20)21/h2-10H,1H3. The van der Waals surface area contributed by atoms with Gasteiger partial charge in [0.05, 0.1) is 16.8 Å². The van der Waals surface area contributed by atoms with Gasteiger partial charge in [-0.15, -0.1) is 0 Å². The lowest BCUT2D eigenvalue weighted by atomic mass is 10.1. The van der Waals surface area contributed by atoms with E-state index in [0.29, 0.717) is 5.56 Å². The number of aryl methyl sites for hydroxylation is 1. The fourth-order valence-corrected chi connectivity index (χ4v) is 2.52. The van der Waals surface area contributed by atoms with Crippen LogP contribution in [0.5, 0.6) is 0 Å². The maximum atomic E-state index is 13.4. The third kappa shape index (κ3) is 2.84. The van der Waals surface area contributed by atoms with E-state index >= 15 is 0 Å². The van der Waals surface area contributed by atoms with E-state index in [9.17, 15) is 22.4 Å². The largest absolute Gasteiger partial charge is 0.416 e. The average Bonchev–Trinajstić information content (AvgIpc) is 2.81. The lowest BCUT2D eigenvalue weighted by Gasteiger charge is -2.10. The zero-order chi connectivity index (χ0) is 17.5. The molecule has 0 atom stereocenters. The first-order valence-electron chi connectivity index (χ1n) is 6.99. The van der Waals surface area contributed by atoms with Crippen molar-refractivity contribution >= 4 is 0 Å². The van der Waals surface area contributed by atoms with Crippen molar-refractivity contribution in [2.75, 3.05) is 0 Å². The Labute approximate surface area is 134 Å². The van der Waals surface area contributed by atoms with E-state index in [4.69, 9.17) is 0 Å². The highest BCUT2D eigenvalue weighted by Gasteiger charge is 2.30. The zero-order valence-corrected chi connectivity index (χ0v) is 12.5. The maximum absolute atomic E-state index is 13.4. The van der Waals surface area contributed by atoms with E-state index < -0.39 is 23.1 Å². The highest BCUT2D eigenvalue weighted by molar-refractivity contribution is 5.62. The second-order valence-electron chi connectivity index (χ2n) is 5.29. The molecule has 24 heavy (non-hydrogen) atoms. The van der Waals surface area contributed by atoms with Crippen LogP contribution in [0.4, 0.5) is 17.6 Å². The van der Waals surface area contributed by atoms with Gasteiger partial charge in [0, 0.05) is 13.2 Å². The van der Waals surface area contributed by atoms with Gasteiger partial charge in [-0.25, -0.2) is 9.07 Å². The Morgan fingerprint density at radius 2 is 1.71 bits per heavy atom. The third-order valence-electron chi connectivity index (χ3n) is 3.61. The molecule has 0 unspecified atom stereocenters. The second kappa shape index (κ2) is 5.67. The van der Waals surface area contributed by atoms with Crippen LogP contribution in [-0.2, 0) is 13.2 Å². The van der Waals surface area contributed by atoms with E-state index in [1.165, 1.54) is 48.3 Å². The van der Waals surface area contributed by atoms with Crippen molar-refractivity contribution in [3.05, 3.63) is 76.5 Å². The fraction of sp³-hybridized carbons (Fsp3) is 0.118. The molecular formula is C17H12F4N2O. The van der Waals surface area contributed by atoms with Crippen LogP contribution >= 0.6 is 0 Å². The van der Waals surface area contributed by atoms with Crippen molar-refractivity contribution in [1.29, 1.82) is 0 Å². The number of rotatable bonds is 2. The summed E-state index contributed by atoms with van der Waals surface area (Å²) >= 11 is 0. The molecule has 0 N–H and O–H groups in total. The predicted molar refractivity (Wildman–Crippen MR) is 81.4 cm³/mol. The molecule has 3 nitrogen and oxygen atoms in total. The predicted octanol–water partition coefficient (Wildman–Crippen LogP) is 4.00. The van der Waals surface area contributed by atoms with Gasteiger partial charge in [0.2, 0.25) is 0 Å². The number of aromatic nitrogens is 2. The van der Waals surface area contributed by atoms with Crippen molar-refractivity contribution in [1.82, 2.24) is 9.36 Å². The Hall–Kier alpha value is -2.83. The van der Waals surface area contributed by atoms with Crippen molar-refractivity contribution in [3.8, 4) is 16.8 Å². The number of halogens is 4. The van der Waals surface area contributed by atoms with Crippen LogP contribution in [0.2, 0.25) is 0 Å². The summed E-state index contributed by atoms with van der Waals surface area (Å²) in [5, 5.41) is 0. The Morgan fingerprint density at radius 3 is 2.38 bits per heavy atom. The van der Waals surface area contributed by atoms with Gasteiger partial charge in [-0.05, 0) is 35.9 Å². The minimum absolute atomic E-state index is 0.0833. The molecule has 0 spiro atoms. The fourth-order valence-electron chi connectivity index (χ4n) is 2.52. The molecule has 1 heterocycles. The second-order valence-corrected chi connectivity index (χ2v) is 5.29. The Kier molecular flexibility index (Phi) is 3.79. The van der Waals surface area contributed by atoms with Gasteiger partial charge < -0.3 is 0 Å². The molecule has 3 aromatic rings. The van der Waals surface area contributed by atoms with Crippen molar-refractivity contribution in [2.24, 2.45) is 7.05 Å². The van der Waals surface area contributed by atoms with Crippen LogP contribution in [-0.4, -0.2) is 9.36 Å². The minimum atomic E-state index is -4.50. The molecule has 7 heteroatoms. The summed E-state index contributed by atoms with van der Waals surface area (Å²) in [6.45, 7) is 0. The van der Waals surface area contributed by atoms with Crippen LogP contribution in [0.25, 0.3) is 16.8 Å². The molecule has 2 aromatic carbocycles. The van der Waals surface area contributed by atoms with Gasteiger partial charge in [0.15, 0.2) is 0 Å². The Balaban J connectivity index is 2.16. The number of hydrogen-bond donors (Lipinski definition) is 0. The SMILES string of the molecule is Cn1cc(-c2cccc(F)c2)c(=O)n1-c1cccc(C(F)(F)F)c1. The Morgan fingerprint density at radius 1 is 1.00 bits per heavy atom. The summed E-state index contributed by atoms with van der Waals surface area (Å²) in [6.07, 6.45) is -3.05. The molecule has 0 aliphatic heterocycles. The normalized spacial score (nSPS) is 11.7. The first kappa shape index (κ1) is 16.0. The molecule has 0 bridgehead atoms.